The van der Waals surface area contributed by atoms with E-state index in [0.29, 0.717) is 46.0 Å². The number of ether oxygens (including phenoxy) is 3. The van der Waals surface area contributed by atoms with Crippen molar-refractivity contribution in [3.05, 3.63) is 0 Å². The van der Waals surface area contributed by atoms with E-state index in [4.69, 9.17) is 14.2 Å². The van der Waals surface area contributed by atoms with Crippen molar-refractivity contribution in [3.63, 3.8) is 0 Å². The van der Waals surface area contributed by atoms with Crippen LogP contribution in [0.1, 0.15) is 33.6 Å². The van der Waals surface area contributed by atoms with Crippen LogP contribution in [0.25, 0.3) is 0 Å². The summed E-state index contributed by atoms with van der Waals surface area (Å²) in [6, 6.07) is 0. The number of hydrogen-bond donors (Lipinski definition) is 1. The fourth-order valence-electron chi connectivity index (χ4n) is 1.47. The van der Waals surface area contributed by atoms with E-state index >= 15 is 0 Å². The molecule has 0 unspecified atom stereocenters. The van der Waals surface area contributed by atoms with Crippen molar-refractivity contribution < 1.29 is 19.0 Å². The van der Waals surface area contributed by atoms with Gasteiger partial charge < -0.3 is 19.5 Å². The van der Waals surface area contributed by atoms with Crippen molar-refractivity contribution in [1.29, 1.82) is 0 Å². The molecule has 0 heterocycles. The number of nitrogens with one attached hydrogen (secondary N) is 1. The van der Waals surface area contributed by atoms with E-state index < -0.39 is 0 Å². The molecule has 0 spiro atoms. The lowest BCUT2D eigenvalue weighted by molar-refractivity contribution is -0.121. The second kappa shape index (κ2) is 13.4. The summed E-state index contributed by atoms with van der Waals surface area (Å²) >= 11 is 1.70. The molecular formula is C15H31NO4S. The Morgan fingerprint density at radius 2 is 1.52 bits per heavy atom. The number of carbonyl (C=O) groups excluding carboxylic acids is 1. The van der Waals surface area contributed by atoms with Gasteiger partial charge >= 0.3 is 0 Å². The highest BCUT2D eigenvalue weighted by atomic mass is 32.2. The van der Waals surface area contributed by atoms with Gasteiger partial charge in [-0.3, -0.25) is 4.79 Å². The molecule has 0 saturated carbocycles. The molecule has 0 fully saturated rings. The SMILES string of the molecule is CCCOCCOCCOCCNC(=O)CC(C)(C)SC. The molecule has 0 saturated heterocycles. The van der Waals surface area contributed by atoms with Gasteiger partial charge in [-0.1, -0.05) is 20.8 Å². The molecule has 0 aliphatic rings. The van der Waals surface area contributed by atoms with Gasteiger partial charge in [-0.05, 0) is 12.7 Å². The number of carbonyl (C=O) groups is 1. The normalized spacial score (nSPS) is 11.6. The van der Waals surface area contributed by atoms with E-state index in [1.54, 1.807) is 11.8 Å². The Morgan fingerprint density at radius 3 is 2.05 bits per heavy atom. The van der Waals surface area contributed by atoms with Gasteiger partial charge in [0.25, 0.3) is 0 Å². The van der Waals surface area contributed by atoms with Gasteiger partial charge in [0.15, 0.2) is 0 Å². The third kappa shape index (κ3) is 14.4. The summed E-state index contributed by atoms with van der Waals surface area (Å²) in [6.45, 7) is 10.4. The maximum Gasteiger partial charge on any atom is 0.221 e. The number of thioether (sulfide) groups is 1. The van der Waals surface area contributed by atoms with E-state index in [9.17, 15) is 4.79 Å². The summed E-state index contributed by atoms with van der Waals surface area (Å²) in [7, 11) is 0. The first kappa shape index (κ1) is 20.7. The Morgan fingerprint density at radius 1 is 1.00 bits per heavy atom. The van der Waals surface area contributed by atoms with E-state index in [1.807, 2.05) is 6.26 Å². The summed E-state index contributed by atoms with van der Waals surface area (Å²) in [4.78, 5) is 11.7. The van der Waals surface area contributed by atoms with E-state index in [2.05, 4.69) is 26.1 Å². The van der Waals surface area contributed by atoms with Gasteiger partial charge in [-0.15, -0.1) is 0 Å². The number of rotatable bonds is 14. The summed E-state index contributed by atoms with van der Waals surface area (Å²) in [5, 5.41) is 2.86. The van der Waals surface area contributed by atoms with Crippen LogP contribution in [0.5, 0.6) is 0 Å². The Labute approximate surface area is 133 Å². The van der Waals surface area contributed by atoms with Crippen molar-refractivity contribution in [2.45, 2.75) is 38.4 Å². The highest BCUT2D eigenvalue weighted by molar-refractivity contribution is 7.99. The minimum Gasteiger partial charge on any atom is -0.379 e. The first-order valence-electron chi connectivity index (χ1n) is 7.57. The molecule has 1 N–H and O–H groups in total. The topological polar surface area (TPSA) is 56.8 Å². The Kier molecular flexibility index (Phi) is 13.2. The minimum absolute atomic E-state index is 0.0153. The minimum atomic E-state index is -0.0153. The molecule has 6 heteroatoms. The molecule has 1 amide bonds. The largest absolute Gasteiger partial charge is 0.379 e. The summed E-state index contributed by atoms with van der Waals surface area (Å²) < 4.78 is 16.0. The zero-order valence-electron chi connectivity index (χ0n) is 13.9. The van der Waals surface area contributed by atoms with Crippen LogP contribution in [0.2, 0.25) is 0 Å². The van der Waals surface area contributed by atoms with Crippen LogP contribution in [-0.2, 0) is 19.0 Å². The first-order chi connectivity index (χ1) is 10.0. The predicted octanol–water partition coefficient (Wildman–Crippen LogP) is 2.09. The maximum absolute atomic E-state index is 11.7. The molecule has 5 nitrogen and oxygen atoms in total. The quantitative estimate of drug-likeness (QED) is 0.497. The fourth-order valence-corrected chi connectivity index (χ4v) is 1.75. The van der Waals surface area contributed by atoms with Gasteiger partial charge in [0, 0.05) is 24.3 Å². The third-order valence-electron chi connectivity index (χ3n) is 2.80. The zero-order chi connectivity index (χ0) is 16.0. The molecule has 21 heavy (non-hydrogen) atoms. The number of hydrogen-bond acceptors (Lipinski definition) is 5. The van der Waals surface area contributed by atoms with Crippen LogP contribution in [0.4, 0.5) is 0 Å². The standard InChI is InChI=1S/C15H31NO4S/c1-5-7-18-9-11-20-12-10-19-8-6-16-14(17)13-15(2,3)21-4/h5-13H2,1-4H3,(H,16,17). The maximum atomic E-state index is 11.7. The van der Waals surface area contributed by atoms with Gasteiger partial charge in [0.2, 0.25) is 5.91 Å². The molecule has 0 bridgehead atoms. The highest BCUT2D eigenvalue weighted by Gasteiger charge is 2.19. The third-order valence-corrected chi connectivity index (χ3v) is 4.05. The van der Waals surface area contributed by atoms with E-state index in [-0.39, 0.29) is 10.7 Å². The Balaban J connectivity index is 3.27. The second-order valence-electron chi connectivity index (χ2n) is 5.33. The lowest BCUT2D eigenvalue weighted by atomic mass is 10.1. The van der Waals surface area contributed by atoms with E-state index in [1.165, 1.54) is 0 Å². The fraction of sp³-hybridized carbons (Fsp3) is 0.933. The predicted molar refractivity (Wildman–Crippen MR) is 88.0 cm³/mol. The lowest BCUT2D eigenvalue weighted by Crippen LogP contribution is -2.32. The molecule has 126 valence electrons. The highest BCUT2D eigenvalue weighted by Crippen LogP contribution is 2.24. The van der Waals surface area contributed by atoms with Crippen LogP contribution in [0.15, 0.2) is 0 Å². The van der Waals surface area contributed by atoms with Crippen LogP contribution in [-0.4, -0.2) is 63.1 Å². The molecular weight excluding hydrogens is 290 g/mol. The van der Waals surface area contributed by atoms with Gasteiger partial charge in [0.1, 0.15) is 0 Å². The molecule has 0 aliphatic carbocycles. The molecule has 0 aromatic carbocycles. The molecule has 0 aromatic heterocycles. The first-order valence-corrected chi connectivity index (χ1v) is 8.79. The smallest absolute Gasteiger partial charge is 0.221 e. The van der Waals surface area contributed by atoms with Gasteiger partial charge in [-0.25, -0.2) is 0 Å². The average molecular weight is 321 g/mol. The van der Waals surface area contributed by atoms with Crippen LogP contribution < -0.4 is 5.32 Å². The van der Waals surface area contributed by atoms with Crippen molar-refractivity contribution >= 4 is 17.7 Å². The Hall–Kier alpha value is -0.300. The van der Waals surface area contributed by atoms with E-state index in [0.717, 1.165) is 13.0 Å². The van der Waals surface area contributed by atoms with Gasteiger partial charge in [-0.2, -0.15) is 11.8 Å². The van der Waals surface area contributed by atoms with Crippen LogP contribution in [0, 0.1) is 0 Å². The molecule has 0 atom stereocenters. The molecule has 0 radical (unpaired) electrons. The Bertz CT molecular complexity index is 262. The second-order valence-corrected chi connectivity index (χ2v) is 6.84. The number of amides is 1. The average Bonchev–Trinajstić information content (AvgIpc) is 2.44. The monoisotopic (exact) mass is 321 g/mol. The summed E-state index contributed by atoms with van der Waals surface area (Å²) in [5.41, 5.74) is 0. The van der Waals surface area contributed by atoms with Crippen LogP contribution in [0.3, 0.4) is 0 Å². The summed E-state index contributed by atoms with van der Waals surface area (Å²) in [6.07, 6.45) is 3.57. The summed E-state index contributed by atoms with van der Waals surface area (Å²) in [5.74, 6) is 0.0715. The van der Waals surface area contributed by atoms with Crippen molar-refractivity contribution in [1.82, 2.24) is 5.32 Å². The molecule has 0 rings (SSSR count). The zero-order valence-corrected chi connectivity index (χ0v) is 14.7. The molecule has 0 aliphatic heterocycles. The van der Waals surface area contributed by atoms with Crippen molar-refractivity contribution in [3.8, 4) is 0 Å². The van der Waals surface area contributed by atoms with Crippen molar-refractivity contribution in [2.75, 3.05) is 52.4 Å². The lowest BCUT2D eigenvalue weighted by Gasteiger charge is -2.20. The van der Waals surface area contributed by atoms with Crippen molar-refractivity contribution in [2.24, 2.45) is 0 Å². The molecule has 0 aromatic rings. The van der Waals surface area contributed by atoms with Crippen LogP contribution >= 0.6 is 11.8 Å². The van der Waals surface area contributed by atoms with Gasteiger partial charge in [0.05, 0.1) is 33.0 Å².